The second-order valence-corrected chi connectivity index (χ2v) is 6.32. The fourth-order valence-corrected chi connectivity index (χ4v) is 2.76. The number of aromatic nitrogens is 4. The van der Waals surface area contributed by atoms with E-state index in [1.807, 2.05) is 0 Å². The Bertz CT molecular complexity index is 1010. The molecule has 0 aromatic carbocycles. The molecule has 26 heavy (non-hydrogen) atoms. The Morgan fingerprint density at radius 3 is 2.27 bits per heavy atom. The number of halogens is 8. The number of nitrogens with two attached hydrogens (primary N) is 1. The lowest BCUT2D eigenvalue weighted by Gasteiger charge is -2.12. The summed E-state index contributed by atoms with van der Waals surface area (Å²) in [5, 5.41) is -0.936. The van der Waals surface area contributed by atoms with Crippen LogP contribution in [0.15, 0.2) is 18.3 Å². The van der Waals surface area contributed by atoms with Crippen LogP contribution in [0.2, 0.25) is 10.0 Å². The van der Waals surface area contributed by atoms with Crippen molar-refractivity contribution < 1.29 is 22.0 Å². The van der Waals surface area contributed by atoms with Crippen LogP contribution >= 0.6 is 34.8 Å². The first-order chi connectivity index (χ1) is 11.9. The van der Waals surface area contributed by atoms with E-state index in [4.69, 9.17) is 40.5 Å². The molecule has 0 aliphatic carbocycles. The molecular weight excluding hydrogens is 428 g/mol. The second kappa shape index (κ2) is 6.07. The Morgan fingerprint density at radius 1 is 1.08 bits per heavy atom. The number of pyridine rings is 2. The summed E-state index contributed by atoms with van der Waals surface area (Å²) in [5.74, 6) is -0.682. The smallest absolute Gasteiger partial charge is 0.383 e. The Hall–Kier alpha value is -1.91. The predicted octanol–water partition coefficient (Wildman–Crippen LogP) is 5.01. The summed E-state index contributed by atoms with van der Waals surface area (Å²) in [6.45, 7) is 0. The highest BCUT2D eigenvalue weighted by molar-refractivity contribution is 6.35. The highest BCUT2D eigenvalue weighted by Gasteiger charge is 2.41. The van der Waals surface area contributed by atoms with Crippen LogP contribution in [0.4, 0.5) is 27.8 Å². The molecule has 3 rings (SSSR count). The molecule has 0 bridgehead atoms. The van der Waals surface area contributed by atoms with E-state index in [2.05, 4.69) is 15.1 Å². The van der Waals surface area contributed by atoms with E-state index in [-0.39, 0.29) is 15.9 Å². The lowest BCUT2D eigenvalue weighted by Crippen LogP contribution is -2.15. The highest BCUT2D eigenvalue weighted by Crippen LogP contribution is 2.41. The molecule has 0 spiro atoms. The molecule has 2 N–H and O–H groups in total. The summed E-state index contributed by atoms with van der Waals surface area (Å²) in [7, 11) is 0. The maximum absolute atomic E-state index is 13.3. The van der Waals surface area contributed by atoms with Gasteiger partial charge in [0.2, 0.25) is 0 Å². The predicted molar refractivity (Wildman–Crippen MR) is 85.8 cm³/mol. The van der Waals surface area contributed by atoms with Crippen molar-refractivity contribution >= 4 is 51.5 Å². The number of alkyl halides is 6. The van der Waals surface area contributed by atoms with Gasteiger partial charge in [0.05, 0.1) is 20.9 Å². The van der Waals surface area contributed by atoms with Gasteiger partial charge in [0, 0.05) is 6.20 Å². The number of nitrogens with zero attached hydrogens (tertiary/aromatic N) is 4. The molecule has 0 atom stereocenters. The molecule has 3 aromatic heterocycles. The van der Waals surface area contributed by atoms with Crippen molar-refractivity contribution in [3.05, 3.63) is 39.8 Å². The van der Waals surface area contributed by atoms with Crippen LogP contribution in [0.5, 0.6) is 0 Å². The van der Waals surface area contributed by atoms with Crippen LogP contribution in [-0.4, -0.2) is 19.7 Å². The average molecular weight is 433 g/mol. The summed E-state index contributed by atoms with van der Waals surface area (Å²) < 4.78 is 67.3. The van der Waals surface area contributed by atoms with Gasteiger partial charge >= 0.3 is 11.6 Å². The average Bonchev–Trinajstić information content (AvgIpc) is 2.81. The number of rotatable bonds is 2. The lowest BCUT2D eigenvalue weighted by molar-refractivity contribution is -0.140. The normalized spacial score (nSPS) is 12.8. The zero-order valence-corrected chi connectivity index (χ0v) is 14.4. The van der Waals surface area contributed by atoms with E-state index < -0.39 is 39.7 Å². The molecule has 0 aliphatic heterocycles. The van der Waals surface area contributed by atoms with Crippen molar-refractivity contribution in [1.29, 1.82) is 0 Å². The van der Waals surface area contributed by atoms with E-state index in [0.29, 0.717) is 6.07 Å². The van der Waals surface area contributed by atoms with Gasteiger partial charge in [0.1, 0.15) is 11.5 Å². The molecule has 0 amide bonds. The van der Waals surface area contributed by atoms with Gasteiger partial charge in [-0.3, -0.25) is 0 Å². The minimum absolute atomic E-state index is 0.0681. The Kier molecular flexibility index (Phi) is 4.40. The molecule has 0 saturated heterocycles. The summed E-state index contributed by atoms with van der Waals surface area (Å²) in [6, 6.07) is 1.87. The molecule has 138 valence electrons. The number of hydrogen-bond donors (Lipinski definition) is 1. The standard InChI is InChI=1S/C13H5Cl3F5N5/c14-4-1-5(15)11(23-3-4)26-10(22)8-6(25-26)2-7(12(16,17)18)24-9(8)13(19,20)21/h1-3H,22H2. The highest BCUT2D eigenvalue weighted by atomic mass is 35.5. The molecule has 0 unspecified atom stereocenters. The first-order valence-corrected chi connectivity index (χ1v) is 7.68. The number of nitrogen functional groups attached to an aromatic ring is 1. The first kappa shape index (κ1) is 18.9. The number of hydrogen-bond acceptors (Lipinski definition) is 4. The van der Waals surface area contributed by atoms with Crippen LogP contribution < -0.4 is 5.73 Å². The van der Waals surface area contributed by atoms with Crippen molar-refractivity contribution in [2.45, 2.75) is 11.6 Å². The third-order valence-corrected chi connectivity index (χ3v) is 3.92. The monoisotopic (exact) mass is 431 g/mol. The Labute approximate surface area is 156 Å². The SMILES string of the molecule is Nc1c2c(C(F)(F)F)nc(C(F)(F)Cl)cc2nn1-c1ncc(Cl)cc1Cl. The quantitative estimate of drug-likeness (QED) is 0.456. The molecule has 3 aromatic rings. The maximum atomic E-state index is 13.3. The summed E-state index contributed by atoms with van der Waals surface area (Å²) in [5.41, 5.74) is 2.26. The molecule has 0 aliphatic rings. The number of anilines is 1. The van der Waals surface area contributed by atoms with Gasteiger partial charge in [-0.1, -0.05) is 23.2 Å². The van der Waals surface area contributed by atoms with Gasteiger partial charge in [0.25, 0.3) is 0 Å². The Morgan fingerprint density at radius 2 is 1.73 bits per heavy atom. The third kappa shape index (κ3) is 3.24. The zero-order valence-electron chi connectivity index (χ0n) is 12.1. The van der Waals surface area contributed by atoms with E-state index in [1.165, 1.54) is 6.07 Å². The van der Waals surface area contributed by atoms with Crippen LogP contribution in [0.3, 0.4) is 0 Å². The summed E-state index contributed by atoms with van der Waals surface area (Å²) in [4.78, 5) is 6.78. The maximum Gasteiger partial charge on any atom is 0.434 e. The molecule has 0 radical (unpaired) electrons. The first-order valence-electron chi connectivity index (χ1n) is 6.54. The van der Waals surface area contributed by atoms with E-state index in [0.717, 1.165) is 10.9 Å². The van der Waals surface area contributed by atoms with Crippen LogP contribution in [-0.2, 0) is 11.6 Å². The van der Waals surface area contributed by atoms with Gasteiger partial charge in [0.15, 0.2) is 11.5 Å². The summed E-state index contributed by atoms with van der Waals surface area (Å²) >= 11 is 16.5. The van der Waals surface area contributed by atoms with E-state index >= 15 is 0 Å². The van der Waals surface area contributed by atoms with Crippen LogP contribution in [0.1, 0.15) is 11.4 Å². The molecule has 0 fully saturated rings. The molecule has 0 saturated carbocycles. The van der Waals surface area contributed by atoms with Gasteiger partial charge in [-0.25, -0.2) is 9.97 Å². The topological polar surface area (TPSA) is 69.6 Å². The third-order valence-electron chi connectivity index (χ3n) is 3.24. The van der Waals surface area contributed by atoms with E-state index in [9.17, 15) is 22.0 Å². The number of fused-ring (bicyclic) bond motifs is 1. The minimum atomic E-state index is -5.09. The summed E-state index contributed by atoms with van der Waals surface area (Å²) in [6.07, 6.45) is -3.93. The fraction of sp³-hybridized carbons (Fsp3) is 0.154. The zero-order chi connectivity index (χ0) is 19.4. The van der Waals surface area contributed by atoms with Crippen molar-refractivity contribution in [3.63, 3.8) is 0 Å². The fourth-order valence-electron chi connectivity index (χ4n) is 2.21. The minimum Gasteiger partial charge on any atom is -0.383 e. The van der Waals surface area contributed by atoms with Crippen molar-refractivity contribution in [1.82, 2.24) is 19.7 Å². The largest absolute Gasteiger partial charge is 0.434 e. The van der Waals surface area contributed by atoms with Gasteiger partial charge < -0.3 is 5.73 Å². The molecule has 5 nitrogen and oxygen atoms in total. The molecule has 3 heterocycles. The van der Waals surface area contributed by atoms with Gasteiger partial charge in [-0.2, -0.15) is 31.7 Å². The Balaban J connectivity index is 2.38. The van der Waals surface area contributed by atoms with Gasteiger partial charge in [-0.15, -0.1) is 0 Å². The second-order valence-electron chi connectivity index (χ2n) is 5.00. The molecule has 13 heteroatoms. The van der Waals surface area contributed by atoms with Crippen molar-refractivity contribution in [3.8, 4) is 5.82 Å². The lowest BCUT2D eigenvalue weighted by atomic mass is 10.2. The van der Waals surface area contributed by atoms with E-state index in [1.54, 1.807) is 0 Å². The van der Waals surface area contributed by atoms with Crippen molar-refractivity contribution in [2.24, 2.45) is 0 Å². The van der Waals surface area contributed by atoms with Crippen LogP contribution in [0, 0.1) is 0 Å². The molecular formula is C13H5Cl3F5N5. The van der Waals surface area contributed by atoms with Gasteiger partial charge in [-0.05, 0) is 23.7 Å². The van der Waals surface area contributed by atoms with Crippen LogP contribution in [0.25, 0.3) is 16.7 Å². The van der Waals surface area contributed by atoms with Crippen molar-refractivity contribution in [2.75, 3.05) is 5.73 Å².